The monoisotopic (exact) mass is 368 g/mol. The summed E-state index contributed by atoms with van der Waals surface area (Å²) >= 11 is 0. The Balaban J connectivity index is 1.45. The lowest BCUT2D eigenvalue weighted by molar-refractivity contribution is 0.0992. The SMILES string of the molecule is Cn1cc(-c2ccc3cnc(CC(=O)c4ccc5ncoc5c4)cc3c2)cn1. The Morgan fingerprint density at radius 3 is 2.79 bits per heavy atom. The minimum absolute atomic E-state index is 0.00596. The summed E-state index contributed by atoms with van der Waals surface area (Å²) < 4.78 is 7.07. The molecule has 0 aliphatic heterocycles. The average molecular weight is 368 g/mol. The molecular formula is C22H16N4O2. The number of benzene rings is 2. The fourth-order valence-electron chi connectivity index (χ4n) is 3.33. The van der Waals surface area contributed by atoms with Gasteiger partial charge in [-0.05, 0) is 41.3 Å². The zero-order valence-electron chi connectivity index (χ0n) is 15.2. The highest BCUT2D eigenvalue weighted by Gasteiger charge is 2.11. The Morgan fingerprint density at radius 2 is 1.93 bits per heavy atom. The van der Waals surface area contributed by atoms with E-state index in [4.69, 9.17) is 4.42 Å². The molecule has 0 aliphatic rings. The second kappa shape index (κ2) is 6.42. The van der Waals surface area contributed by atoms with E-state index in [0.717, 1.165) is 33.1 Å². The highest BCUT2D eigenvalue weighted by atomic mass is 16.3. The number of hydrogen-bond acceptors (Lipinski definition) is 5. The van der Waals surface area contributed by atoms with Gasteiger partial charge in [0.05, 0.1) is 12.6 Å². The molecule has 6 heteroatoms. The second-order valence-electron chi connectivity index (χ2n) is 6.78. The van der Waals surface area contributed by atoms with E-state index in [-0.39, 0.29) is 12.2 Å². The molecule has 0 saturated carbocycles. The Hall–Kier alpha value is -3.80. The zero-order chi connectivity index (χ0) is 19.1. The van der Waals surface area contributed by atoms with Gasteiger partial charge in [0.2, 0.25) is 0 Å². The predicted molar refractivity (Wildman–Crippen MR) is 106 cm³/mol. The third-order valence-corrected chi connectivity index (χ3v) is 4.81. The number of carbonyl (C=O) groups is 1. The summed E-state index contributed by atoms with van der Waals surface area (Å²) in [4.78, 5) is 21.2. The van der Waals surface area contributed by atoms with Crippen LogP contribution in [0.25, 0.3) is 33.0 Å². The molecule has 6 nitrogen and oxygen atoms in total. The smallest absolute Gasteiger partial charge is 0.181 e. The molecule has 0 saturated heterocycles. The summed E-state index contributed by atoms with van der Waals surface area (Å²) in [7, 11) is 1.90. The maximum absolute atomic E-state index is 12.7. The summed E-state index contributed by atoms with van der Waals surface area (Å²) in [5, 5.41) is 6.31. The molecular weight excluding hydrogens is 352 g/mol. The van der Waals surface area contributed by atoms with Gasteiger partial charge in [-0.3, -0.25) is 14.5 Å². The summed E-state index contributed by atoms with van der Waals surface area (Å²) in [6, 6.07) is 13.5. The van der Waals surface area contributed by atoms with Crippen LogP contribution < -0.4 is 0 Å². The minimum Gasteiger partial charge on any atom is -0.443 e. The molecule has 0 atom stereocenters. The van der Waals surface area contributed by atoms with Crippen LogP contribution in [-0.2, 0) is 13.5 Å². The minimum atomic E-state index is -0.00596. The van der Waals surface area contributed by atoms with Crippen molar-refractivity contribution in [3.63, 3.8) is 0 Å². The molecule has 5 aromatic rings. The van der Waals surface area contributed by atoms with Crippen molar-refractivity contribution in [2.24, 2.45) is 7.05 Å². The number of ketones is 1. The van der Waals surface area contributed by atoms with Crippen molar-refractivity contribution < 1.29 is 9.21 Å². The van der Waals surface area contributed by atoms with Gasteiger partial charge in [-0.15, -0.1) is 0 Å². The van der Waals surface area contributed by atoms with Crippen LogP contribution in [0.4, 0.5) is 0 Å². The molecule has 0 unspecified atom stereocenters. The number of carbonyl (C=O) groups excluding carboxylic acids is 1. The first kappa shape index (κ1) is 16.4. The van der Waals surface area contributed by atoms with E-state index in [1.54, 1.807) is 22.9 Å². The molecule has 5 rings (SSSR count). The van der Waals surface area contributed by atoms with Gasteiger partial charge in [0, 0.05) is 41.6 Å². The third-order valence-electron chi connectivity index (χ3n) is 4.81. The maximum atomic E-state index is 12.7. The predicted octanol–water partition coefficient (Wildman–Crippen LogP) is 4.20. The number of rotatable bonds is 4. The first-order chi connectivity index (χ1) is 13.7. The topological polar surface area (TPSA) is 73.8 Å². The molecule has 0 spiro atoms. The van der Waals surface area contributed by atoms with Crippen LogP contribution in [0, 0.1) is 0 Å². The van der Waals surface area contributed by atoms with E-state index in [2.05, 4.69) is 27.2 Å². The lowest BCUT2D eigenvalue weighted by Gasteiger charge is -2.05. The lowest BCUT2D eigenvalue weighted by Crippen LogP contribution is -2.05. The van der Waals surface area contributed by atoms with Crippen LogP contribution in [0.2, 0.25) is 0 Å². The van der Waals surface area contributed by atoms with E-state index >= 15 is 0 Å². The summed E-state index contributed by atoms with van der Waals surface area (Å²) in [5.74, 6) is -0.00596. The molecule has 28 heavy (non-hydrogen) atoms. The summed E-state index contributed by atoms with van der Waals surface area (Å²) in [6.07, 6.45) is 7.24. The normalized spacial score (nSPS) is 11.3. The standard InChI is InChI=1S/C22H16N4O2/c1-26-12-18(11-25-26)14-2-3-16-10-23-19(7-17(16)6-14)9-21(27)15-4-5-20-22(8-15)28-13-24-20/h2-8,10-13H,9H2,1H3. The molecule has 3 aromatic heterocycles. The van der Waals surface area contributed by atoms with Crippen molar-refractivity contribution in [2.75, 3.05) is 0 Å². The largest absolute Gasteiger partial charge is 0.443 e. The Bertz CT molecular complexity index is 1330. The number of aromatic nitrogens is 4. The Kier molecular flexibility index (Phi) is 3.76. The molecule has 0 N–H and O–H groups in total. The molecule has 2 aromatic carbocycles. The number of pyridine rings is 1. The number of fused-ring (bicyclic) bond motifs is 2. The van der Waals surface area contributed by atoms with Gasteiger partial charge in [-0.1, -0.05) is 12.1 Å². The first-order valence-electron chi connectivity index (χ1n) is 8.90. The zero-order valence-corrected chi connectivity index (χ0v) is 15.2. The molecule has 0 radical (unpaired) electrons. The highest BCUT2D eigenvalue weighted by Crippen LogP contribution is 2.24. The number of hydrogen-bond donors (Lipinski definition) is 0. The van der Waals surface area contributed by atoms with Gasteiger partial charge in [-0.25, -0.2) is 4.98 Å². The van der Waals surface area contributed by atoms with Gasteiger partial charge in [0.15, 0.2) is 17.8 Å². The van der Waals surface area contributed by atoms with E-state index in [1.807, 2.05) is 37.8 Å². The van der Waals surface area contributed by atoms with E-state index in [1.165, 1.54) is 6.39 Å². The second-order valence-corrected chi connectivity index (χ2v) is 6.78. The van der Waals surface area contributed by atoms with Crippen molar-refractivity contribution in [1.29, 1.82) is 0 Å². The number of nitrogens with zero attached hydrogens (tertiary/aromatic N) is 4. The molecule has 0 amide bonds. The molecule has 0 bridgehead atoms. The summed E-state index contributed by atoms with van der Waals surface area (Å²) in [5.41, 5.74) is 4.81. The first-order valence-corrected chi connectivity index (χ1v) is 8.90. The third kappa shape index (κ3) is 2.95. The van der Waals surface area contributed by atoms with Crippen molar-refractivity contribution in [1.82, 2.24) is 19.7 Å². The fourth-order valence-corrected chi connectivity index (χ4v) is 3.33. The van der Waals surface area contributed by atoms with Gasteiger partial charge in [0.1, 0.15) is 5.52 Å². The highest BCUT2D eigenvalue weighted by molar-refractivity contribution is 6.00. The average Bonchev–Trinajstić information content (AvgIpc) is 3.35. The molecule has 136 valence electrons. The van der Waals surface area contributed by atoms with Crippen LogP contribution in [0.5, 0.6) is 0 Å². The number of oxazole rings is 1. The van der Waals surface area contributed by atoms with Crippen molar-refractivity contribution in [3.05, 3.63) is 78.7 Å². The van der Waals surface area contributed by atoms with Crippen LogP contribution in [0.3, 0.4) is 0 Å². The van der Waals surface area contributed by atoms with Crippen LogP contribution >= 0.6 is 0 Å². The van der Waals surface area contributed by atoms with E-state index in [9.17, 15) is 4.79 Å². The van der Waals surface area contributed by atoms with Crippen molar-refractivity contribution >= 4 is 27.7 Å². The lowest BCUT2D eigenvalue weighted by atomic mass is 10.0. The maximum Gasteiger partial charge on any atom is 0.181 e. The molecule has 0 aliphatic carbocycles. The Morgan fingerprint density at radius 1 is 1.00 bits per heavy atom. The van der Waals surface area contributed by atoms with Gasteiger partial charge in [-0.2, -0.15) is 5.10 Å². The van der Waals surface area contributed by atoms with Gasteiger partial charge in [0.25, 0.3) is 0 Å². The number of Topliss-reactive ketones (excluding diaryl/α,β-unsaturated/α-hetero) is 1. The Labute approximate surface area is 160 Å². The van der Waals surface area contributed by atoms with E-state index in [0.29, 0.717) is 11.1 Å². The van der Waals surface area contributed by atoms with Crippen LogP contribution in [0.1, 0.15) is 16.1 Å². The van der Waals surface area contributed by atoms with Crippen molar-refractivity contribution in [3.8, 4) is 11.1 Å². The fraction of sp³-hybridized carbons (Fsp3) is 0.0909. The molecule has 3 heterocycles. The quantitative estimate of drug-likeness (QED) is 0.445. The molecule has 0 fully saturated rings. The van der Waals surface area contributed by atoms with Crippen LogP contribution in [0.15, 0.2) is 71.9 Å². The van der Waals surface area contributed by atoms with Crippen molar-refractivity contribution in [2.45, 2.75) is 6.42 Å². The van der Waals surface area contributed by atoms with Gasteiger partial charge >= 0.3 is 0 Å². The summed E-state index contributed by atoms with van der Waals surface area (Å²) in [6.45, 7) is 0. The van der Waals surface area contributed by atoms with Crippen LogP contribution in [-0.4, -0.2) is 25.5 Å². The number of aryl methyl sites for hydroxylation is 1. The van der Waals surface area contributed by atoms with Gasteiger partial charge < -0.3 is 4.42 Å². The van der Waals surface area contributed by atoms with E-state index < -0.39 is 0 Å².